The number of nitrogens with zero attached hydrogens (tertiary/aromatic N) is 4. The van der Waals surface area contributed by atoms with Gasteiger partial charge in [0.25, 0.3) is 11.1 Å². The normalized spacial score (nSPS) is 20.3. The fraction of sp³-hybridized carbons (Fsp3) is 0.773. The molecule has 1 unspecified atom stereocenters. The summed E-state index contributed by atoms with van der Waals surface area (Å²) in [6.07, 6.45) is 19.6. The number of morpholine rings is 2. The van der Waals surface area contributed by atoms with Crippen LogP contribution in [0.5, 0.6) is 0 Å². The molecule has 5 atom stereocenters. The van der Waals surface area contributed by atoms with Crippen molar-refractivity contribution in [2.24, 2.45) is 0 Å². The van der Waals surface area contributed by atoms with E-state index in [9.17, 15) is 33.3 Å². The lowest BCUT2D eigenvalue weighted by atomic mass is 10.0. The molecule has 0 aromatic carbocycles. The zero-order valence-electron chi connectivity index (χ0n) is 38.9. The van der Waals surface area contributed by atoms with Crippen molar-refractivity contribution in [3.05, 3.63) is 65.2 Å². The molecule has 4 heterocycles. The smallest absolute Gasteiger partial charge is 0.345 e. The maximum Gasteiger partial charge on any atom is 0.345 e. The van der Waals surface area contributed by atoms with Crippen LogP contribution in [0.15, 0.2) is 31.6 Å². The number of aromatic nitrogens is 4. The highest BCUT2D eigenvalue weighted by molar-refractivity contribution is 7.53. The van der Waals surface area contributed by atoms with E-state index in [0.717, 1.165) is 19.3 Å². The first-order chi connectivity index (χ1) is 30.7. The van der Waals surface area contributed by atoms with Gasteiger partial charge in [0, 0.05) is 56.1 Å². The molecule has 0 bridgehead atoms. The van der Waals surface area contributed by atoms with Gasteiger partial charge in [-0.15, -0.1) is 0 Å². The number of carbonyl (C=O) groups is 2. The number of esters is 1. The van der Waals surface area contributed by atoms with Gasteiger partial charge in [-0.1, -0.05) is 103 Å². The zero-order chi connectivity index (χ0) is 46.5. The molecule has 20 heteroatoms. The number of carbonyl (C=O) groups excluding carboxylic acids is 2. The van der Waals surface area contributed by atoms with Crippen LogP contribution in [0.3, 0.4) is 0 Å². The summed E-state index contributed by atoms with van der Waals surface area (Å²) in [6.45, 7) is 5.92. The Morgan fingerprint density at radius 1 is 0.719 bits per heavy atom. The van der Waals surface area contributed by atoms with Crippen molar-refractivity contribution >= 4 is 19.5 Å². The third-order valence-electron chi connectivity index (χ3n) is 11.7. The number of H-pyrrole nitrogens is 2. The largest absolute Gasteiger partial charge is 0.463 e. The molecular weight excluding hydrogens is 848 g/mol. The van der Waals surface area contributed by atoms with E-state index in [1.54, 1.807) is 21.0 Å². The van der Waals surface area contributed by atoms with Gasteiger partial charge >= 0.3 is 25.0 Å². The Morgan fingerprint density at radius 3 is 1.78 bits per heavy atom. The predicted molar refractivity (Wildman–Crippen MR) is 244 cm³/mol. The highest BCUT2D eigenvalue weighted by Gasteiger charge is 2.43. The number of rotatable bonds is 29. The van der Waals surface area contributed by atoms with Crippen molar-refractivity contribution in [3.8, 4) is 0 Å². The van der Waals surface area contributed by atoms with Crippen LogP contribution in [0, 0.1) is 13.8 Å². The van der Waals surface area contributed by atoms with Gasteiger partial charge in [0.2, 0.25) is 5.91 Å². The van der Waals surface area contributed by atoms with E-state index in [1.807, 2.05) is 0 Å². The van der Waals surface area contributed by atoms with Gasteiger partial charge in [-0.2, -0.15) is 0 Å². The van der Waals surface area contributed by atoms with Crippen LogP contribution >= 0.6 is 7.67 Å². The van der Waals surface area contributed by atoms with Crippen LogP contribution in [0.25, 0.3) is 0 Å². The van der Waals surface area contributed by atoms with Crippen LogP contribution in [0.4, 0.5) is 0 Å². The fourth-order valence-corrected chi connectivity index (χ4v) is 9.89. The maximum absolute atomic E-state index is 14.8. The first-order valence-electron chi connectivity index (χ1n) is 23.5. The minimum atomic E-state index is -3.90. The Hall–Kier alpha value is -3.71. The highest BCUT2D eigenvalue weighted by Crippen LogP contribution is 2.54. The molecule has 4 N–H and O–H groups in total. The monoisotopic (exact) mass is 923 g/mol. The minimum Gasteiger partial charge on any atom is -0.463 e. The van der Waals surface area contributed by atoms with E-state index < -0.39 is 60.8 Å². The summed E-state index contributed by atoms with van der Waals surface area (Å²) in [4.78, 5) is 79.6. The molecule has 19 nitrogen and oxygen atoms in total. The molecule has 2 aliphatic heterocycles. The lowest BCUT2D eigenvalue weighted by molar-refractivity contribution is -0.160. The summed E-state index contributed by atoms with van der Waals surface area (Å²) >= 11 is 0. The molecule has 2 aromatic heterocycles. The van der Waals surface area contributed by atoms with Crippen molar-refractivity contribution in [2.75, 3.05) is 60.0 Å². The van der Waals surface area contributed by atoms with Crippen molar-refractivity contribution in [1.82, 2.24) is 39.1 Å². The number of hydrogen-bond acceptors (Lipinski definition) is 12. The quantitative estimate of drug-likeness (QED) is 0.0490. The van der Waals surface area contributed by atoms with E-state index >= 15 is 0 Å². The number of amides is 1. The zero-order valence-corrected chi connectivity index (χ0v) is 39.8. The van der Waals surface area contributed by atoms with Crippen molar-refractivity contribution < 1.29 is 32.9 Å². The Kier molecular flexibility index (Phi) is 22.9. The van der Waals surface area contributed by atoms with Crippen molar-refractivity contribution in [3.63, 3.8) is 0 Å². The highest BCUT2D eigenvalue weighted by atomic mass is 31.2. The SMILES string of the molecule is CCCCCCCCCCCCCCCCCCNC(=O)CCC(=O)OC[C@@H]1CN(P(=O)(OC[C@@H]2CNC[C@H](n3cc(C)c(=O)[nH]c3=O)O2)N(C)C)C[C@H](n2cc(C)c(=O)[nH]c2=O)O1. The molecule has 4 rings (SSSR count). The van der Waals surface area contributed by atoms with Crippen molar-refractivity contribution in [1.29, 1.82) is 0 Å². The number of nitrogens with one attached hydrogen (secondary N) is 4. The van der Waals surface area contributed by atoms with E-state index in [4.69, 9.17) is 18.7 Å². The lowest BCUT2D eigenvalue weighted by Crippen LogP contribution is -2.51. The van der Waals surface area contributed by atoms with Crippen molar-refractivity contribution in [2.45, 2.75) is 161 Å². The molecule has 1 amide bonds. The second-order valence-electron chi connectivity index (χ2n) is 17.4. The topological polar surface area (TPSA) is 228 Å². The molecule has 0 radical (unpaired) electrons. The third kappa shape index (κ3) is 17.3. The van der Waals surface area contributed by atoms with E-state index in [2.05, 4.69) is 27.5 Å². The molecule has 0 aliphatic carbocycles. The second-order valence-corrected chi connectivity index (χ2v) is 20.0. The first kappa shape index (κ1) is 52.9. The van der Waals surface area contributed by atoms with Gasteiger partial charge in [-0.3, -0.25) is 42.8 Å². The van der Waals surface area contributed by atoms with E-state index in [1.165, 1.54) is 121 Å². The Balaban J connectivity index is 1.22. The predicted octanol–water partition coefficient (Wildman–Crippen LogP) is 4.78. The molecule has 0 saturated carbocycles. The second kappa shape index (κ2) is 27.7. The van der Waals surface area contributed by atoms with Gasteiger partial charge in [0.1, 0.15) is 12.7 Å². The molecule has 362 valence electrons. The van der Waals surface area contributed by atoms with Gasteiger partial charge in [0.05, 0.1) is 25.7 Å². The van der Waals surface area contributed by atoms with Gasteiger partial charge in [0.15, 0.2) is 12.5 Å². The average Bonchev–Trinajstić information content (AvgIpc) is 3.27. The van der Waals surface area contributed by atoms with Crippen LogP contribution in [0.1, 0.15) is 146 Å². The van der Waals surface area contributed by atoms with Gasteiger partial charge in [-0.25, -0.2) is 18.9 Å². The van der Waals surface area contributed by atoms with Crippen LogP contribution in [-0.4, -0.2) is 113 Å². The summed E-state index contributed by atoms with van der Waals surface area (Å²) < 4.78 is 44.3. The van der Waals surface area contributed by atoms with Crippen LogP contribution in [0.2, 0.25) is 0 Å². The molecule has 2 aromatic rings. The first-order valence-corrected chi connectivity index (χ1v) is 25.0. The Morgan fingerprint density at radius 2 is 1.23 bits per heavy atom. The number of aromatic amines is 2. The number of ether oxygens (including phenoxy) is 3. The summed E-state index contributed by atoms with van der Waals surface area (Å²) in [6, 6.07) is 0. The lowest BCUT2D eigenvalue weighted by Gasteiger charge is -2.43. The maximum atomic E-state index is 14.8. The fourth-order valence-electron chi connectivity index (χ4n) is 7.89. The molecular formula is C44H75N8O11P. The van der Waals surface area contributed by atoms with Gasteiger partial charge in [-0.05, 0) is 34.4 Å². The van der Waals surface area contributed by atoms with E-state index in [0.29, 0.717) is 18.7 Å². The molecule has 2 saturated heterocycles. The molecule has 0 spiro atoms. The number of unbranched alkanes of at least 4 members (excludes halogenated alkanes) is 15. The number of hydrogen-bond donors (Lipinski definition) is 4. The van der Waals surface area contributed by atoms with Gasteiger partial charge < -0.3 is 29.4 Å². The van der Waals surface area contributed by atoms with E-state index in [-0.39, 0.29) is 57.2 Å². The Labute approximate surface area is 376 Å². The summed E-state index contributed by atoms with van der Waals surface area (Å²) in [7, 11) is -0.751. The average molecular weight is 923 g/mol. The molecule has 64 heavy (non-hydrogen) atoms. The summed E-state index contributed by atoms with van der Waals surface area (Å²) in [5.74, 6) is -0.855. The third-order valence-corrected chi connectivity index (χ3v) is 14.3. The summed E-state index contributed by atoms with van der Waals surface area (Å²) in [5.41, 5.74) is -1.85. The molecule has 2 fully saturated rings. The standard InChI is InChI=1S/C44H75N8O11P/c1-6-7-8-9-10-11-12-13-14-15-16-17-18-19-20-21-24-46-37(53)22-23-40(54)60-31-36-29-50(30-39(63-36)52-28-34(3)42(56)48-44(52)58)64(59,49(4)5)61-32-35-25-45-26-38(62-35)51-27-33(2)41(55)47-43(51)57/h27-28,35-36,38-39,45H,6-26,29-32H2,1-5H3,(H,46,53)(H,47,55,57)(H,48,56,58)/t35-,36-,38+,39+,64?/m0/s1. The Bertz CT molecular complexity index is 2030. The van der Waals surface area contributed by atoms with Crippen LogP contribution in [-0.2, 0) is 32.9 Å². The van der Waals surface area contributed by atoms with Crippen LogP contribution < -0.4 is 33.1 Å². The minimum absolute atomic E-state index is 0.0332. The number of aryl methyl sites for hydroxylation is 2. The molecule has 2 aliphatic rings. The summed E-state index contributed by atoms with van der Waals surface area (Å²) in [5, 5.41) is 6.08.